The number of aryl methyl sites for hydroxylation is 2. The molecule has 10 heteroatoms. The van der Waals surface area contributed by atoms with Gasteiger partial charge in [0.1, 0.15) is 23.5 Å². The van der Waals surface area contributed by atoms with Gasteiger partial charge in [-0.05, 0) is 74.6 Å². The van der Waals surface area contributed by atoms with Crippen molar-refractivity contribution in [2.24, 2.45) is 11.5 Å². The molecular weight excluding hydrogens is 532 g/mol. The Bertz CT molecular complexity index is 1090. The molecule has 228 valence electrons. The molecule has 1 fully saturated rings. The topological polar surface area (TPSA) is 170 Å². The van der Waals surface area contributed by atoms with Crippen LogP contribution in [0.4, 0.5) is 0 Å². The molecule has 0 bridgehead atoms. The number of piperazine rings is 1. The molecule has 2 amide bonds. The fraction of sp³-hybridized carbons (Fsp3) is 0.562. The van der Waals surface area contributed by atoms with Crippen molar-refractivity contribution in [2.45, 2.75) is 115 Å². The summed E-state index contributed by atoms with van der Waals surface area (Å²) in [5.74, 6) is -0.959. The van der Waals surface area contributed by atoms with Crippen molar-refractivity contribution in [3.63, 3.8) is 0 Å². The van der Waals surface area contributed by atoms with Crippen molar-refractivity contribution in [2.75, 3.05) is 0 Å². The van der Waals surface area contributed by atoms with Gasteiger partial charge in [0.2, 0.25) is 11.8 Å². The van der Waals surface area contributed by atoms with Crippen LogP contribution in [0, 0.1) is 0 Å². The lowest BCUT2D eigenvalue weighted by atomic mass is 9.94. The Morgan fingerprint density at radius 3 is 1.45 bits per heavy atom. The molecular formula is C32H46N6O4. The Morgan fingerprint density at radius 2 is 1.12 bits per heavy atom. The SMILES string of the molecule is CCCCc1ccc(C(=O)CCCC(N)C2NC(=O)C(C(N)CCCC(=O)c3ccc(CCCC)cn3)NC2=O)nc1. The molecule has 2 aromatic rings. The Balaban J connectivity index is 1.39. The van der Waals surface area contributed by atoms with Gasteiger partial charge in [-0.3, -0.25) is 29.1 Å². The van der Waals surface area contributed by atoms with Gasteiger partial charge in [0, 0.05) is 37.3 Å². The summed E-state index contributed by atoms with van der Waals surface area (Å²) in [7, 11) is 0. The lowest BCUT2D eigenvalue weighted by Gasteiger charge is -2.35. The fourth-order valence-corrected chi connectivity index (χ4v) is 5.04. The van der Waals surface area contributed by atoms with Crippen molar-refractivity contribution >= 4 is 23.4 Å². The van der Waals surface area contributed by atoms with E-state index in [4.69, 9.17) is 11.5 Å². The highest BCUT2D eigenvalue weighted by Crippen LogP contribution is 2.14. The maximum Gasteiger partial charge on any atom is 0.244 e. The average molecular weight is 579 g/mol. The van der Waals surface area contributed by atoms with Gasteiger partial charge in [-0.2, -0.15) is 0 Å². The van der Waals surface area contributed by atoms with Crippen LogP contribution in [0.5, 0.6) is 0 Å². The first-order valence-electron chi connectivity index (χ1n) is 15.3. The molecule has 0 spiro atoms. The number of pyridine rings is 2. The number of hydrogen-bond donors (Lipinski definition) is 4. The lowest BCUT2D eigenvalue weighted by Crippen LogP contribution is -2.70. The Labute approximate surface area is 248 Å². The quantitative estimate of drug-likeness (QED) is 0.195. The highest BCUT2D eigenvalue weighted by atomic mass is 16.2. The van der Waals surface area contributed by atoms with Gasteiger partial charge in [-0.1, -0.05) is 38.8 Å². The average Bonchev–Trinajstić information content (AvgIpc) is 3.00. The molecule has 0 saturated carbocycles. The number of nitrogens with two attached hydrogens (primary N) is 2. The maximum absolute atomic E-state index is 12.8. The van der Waals surface area contributed by atoms with E-state index in [-0.39, 0.29) is 24.4 Å². The number of amides is 2. The third-order valence-corrected chi connectivity index (χ3v) is 7.76. The van der Waals surface area contributed by atoms with Crippen molar-refractivity contribution in [3.05, 3.63) is 59.2 Å². The second-order valence-corrected chi connectivity index (χ2v) is 11.2. The van der Waals surface area contributed by atoms with Gasteiger partial charge in [-0.15, -0.1) is 0 Å². The molecule has 4 unspecified atom stereocenters. The highest BCUT2D eigenvalue weighted by Gasteiger charge is 2.39. The molecule has 3 heterocycles. The predicted molar refractivity (Wildman–Crippen MR) is 162 cm³/mol. The van der Waals surface area contributed by atoms with Crippen LogP contribution >= 0.6 is 0 Å². The number of hydrogen-bond acceptors (Lipinski definition) is 8. The second-order valence-electron chi connectivity index (χ2n) is 11.2. The number of ketones is 2. The molecule has 4 atom stereocenters. The van der Waals surface area contributed by atoms with E-state index < -0.39 is 36.0 Å². The largest absolute Gasteiger partial charge is 0.341 e. The van der Waals surface area contributed by atoms with E-state index >= 15 is 0 Å². The van der Waals surface area contributed by atoms with Crippen molar-refractivity contribution in [3.8, 4) is 0 Å². The van der Waals surface area contributed by atoms with Crippen LogP contribution in [0.2, 0.25) is 0 Å². The first-order valence-corrected chi connectivity index (χ1v) is 15.3. The summed E-state index contributed by atoms with van der Waals surface area (Å²) < 4.78 is 0. The summed E-state index contributed by atoms with van der Waals surface area (Å²) in [6, 6.07) is 4.27. The first-order chi connectivity index (χ1) is 20.2. The summed E-state index contributed by atoms with van der Waals surface area (Å²) in [6.07, 6.45) is 11.9. The molecule has 1 saturated heterocycles. The molecule has 0 aromatic carbocycles. The first kappa shape index (κ1) is 33.0. The van der Waals surface area contributed by atoms with Crippen LogP contribution in [0.15, 0.2) is 36.7 Å². The number of rotatable bonds is 18. The van der Waals surface area contributed by atoms with Crippen LogP contribution in [-0.4, -0.2) is 57.5 Å². The summed E-state index contributed by atoms with van der Waals surface area (Å²) in [5.41, 5.74) is 15.5. The Hall–Kier alpha value is -3.50. The monoisotopic (exact) mass is 578 g/mol. The van der Waals surface area contributed by atoms with E-state index in [1.807, 2.05) is 12.1 Å². The smallest absolute Gasteiger partial charge is 0.244 e. The fourth-order valence-electron chi connectivity index (χ4n) is 5.04. The van der Waals surface area contributed by atoms with Crippen molar-refractivity contribution < 1.29 is 19.2 Å². The van der Waals surface area contributed by atoms with Crippen LogP contribution in [0.3, 0.4) is 0 Å². The lowest BCUT2D eigenvalue weighted by molar-refractivity contribution is -0.137. The summed E-state index contributed by atoms with van der Waals surface area (Å²) in [4.78, 5) is 59.2. The molecule has 42 heavy (non-hydrogen) atoms. The van der Waals surface area contributed by atoms with Gasteiger partial charge in [0.05, 0.1) is 0 Å². The summed E-state index contributed by atoms with van der Waals surface area (Å²) >= 11 is 0. The van der Waals surface area contributed by atoms with Gasteiger partial charge in [0.15, 0.2) is 11.6 Å². The zero-order valence-electron chi connectivity index (χ0n) is 24.9. The number of aromatic nitrogens is 2. The van der Waals surface area contributed by atoms with E-state index in [0.717, 1.165) is 49.7 Å². The molecule has 1 aliphatic rings. The number of carbonyl (C=O) groups excluding carboxylic acids is 4. The molecule has 2 aromatic heterocycles. The number of unbranched alkanes of at least 4 members (excludes halogenated alkanes) is 2. The van der Waals surface area contributed by atoms with Crippen LogP contribution < -0.4 is 22.1 Å². The van der Waals surface area contributed by atoms with Gasteiger partial charge >= 0.3 is 0 Å². The number of nitrogens with one attached hydrogen (secondary N) is 2. The summed E-state index contributed by atoms with van der Waals surface area (Å²) in [6.45, 7) is 4.26. The minimum Gasteiger partial charge on any atom is -0.341 e. The van der Waals surface area contributed by atoms with Gasteiger partial charge in [-0.25, -0.2) is 0 Å². The number of Topliss-reactive ketones (excluding diaryl/α,β-unsaturated/α-hetero) is 2. The van der Waals surface area contributed by atoms with Gasteiger partial charge < -0.3 is 22.1 Å². The zero-order chi connectivity index (χ0) is 30.5. The van der Waals surface area contributed by atoms with Gasteiger partial charge in [0.25, 0.3) is 0 Å². The molecule has 10 nitrogen and oxygen atoms in total. The minimum atomic E-state index is -0.903. The van der Waals surface area contributed by atoms with Crippen molar-refractivity contribution in [1.29, 1.82) is 0 Å². The third-order valence-electron chi connectivity index (χ3n) is 7.76. The van der Waals surface area contributed by atoms with Crippen LogP contribution in [0.1, 0.15) is 110 Å². The molecule has 3 rings (SSSR count). The van der Waals surface area contributed by atoms with E-state index in [1.54, 1.807) is 24.5 Å². The minimum absolute atomic E-state index is 0.0781. The van der Waals surface area contributed by atoms with Crippen LogP contribution in [-0.2, 0) is 22.4 Å². The Kier molecular flexibility index (Phi) is 13.2. The number of carbonyl (C=O) groups is 4. The maximum atomic E-state index is 12.8. The summed E-state index contributed by atoms with van der Waals surface area (Å²) in [5, 5.41) is 5.41. The van der Waals surface area contributed by atoms with E-state index in [9.17, 15) is 19.2 Å². The third kappa shape index (κ3) is 9.80. The molecule has 1 aliphatic heterocycles. The standard InChI is InChI=1S/C32H46N6O4/c1-3-5-9-21-15-17-25(35-19-21)27(39)13-7-11-23(33)29-31(41)38-30(32(42)37-29)24(34)12-8-14-28(40)26-18-16-22(20-36-26)10-6-4-2/h15-20,23-24,29-30H,3-14,33-34H2,1-2H3,(H,37,42)(H,38,41). The van der Waals surface area contributed by atoms with E-state index in [1.165, 1.54) is 0 Å². The van der Waals surface area contributed by atoms with E-state index in [2.05, 4.69) is 34.4 Å². The highest BCUT2D eigenvalue weighted by molar-refractivity contribution is 5.98. The second kappa shape index (κ2) is 16.8. The normalized spacial score (nSPS) is 18.2. The van der Waals surface area contributed by atoms with Crippen LogP contribution in [0.25, 0.3) is 0 Å². The zero-order valence-corrected chi connectivity index (χ0v) is 24.9. The van der Waals surface area contributed by atoms with Crippen molar-refractivity contribution in [1.82, 2.24) is 20.6 Å². The Morgan fingerprint density at radius 1 is 0.714 bits per heavy atom. The molecule has 0 aliphatic carbocycles. The number of nitrogens with zero attached hydrogens (tertiary/aromatic N) is 2. The van der Waals surface area contributed by atoms with E-state index in [0.29, 0.717) is 37.1 Å². The predicted octanol–water partition coefficient (Wildman–Crippen LogP) is 3.21. The molecule has 0 radical (unpaired) electrons. The molecule has 6 N–H and O–H groups in total.